The lowest BCUT2D eigenvalue weighted by molar-refractivity contribution is -0.131. The maximum absolute atomic E-state index is 12.3. The van der Waals surface area contributed by atoms with Crippen LogP contribution < -0.4 is 10.7 Å². The fourth-order valence-electron chi connectivity index (χ4n) is 2.21. The first kappa shape index (κ1) is 11.0. The molecule has 18 heavy (non-hydrogen) atoms. The number of amides is 2. The van der Waals surface area contributed by atoms with Crippen molar-refractivity contribution in [2.75, 3.05) is 19.7 Å². The highest BCUT2D eigenvalue weighted by Gasteiger charge is 2.35. The Labute approximate surface area is 104 Å². The number of nitrogens with zero attached hydrogens (tertiary/aromatic N) is 1. The molecule has 1 unspecified atom stereocenters. The van der Waals surface area contributed by atoms with E-state index in [-0.39, 0.29) is 17.7 Å². The maximum atomic E-state index is 12.3. The standard InChI is InChI=1S/C12H13N3O3/c16-11-5-10-8(6-13-11)7-14-15(12(10)17)9-1-3-18-4-2-9/h1-3,5,8,14H,4,6-7H2,(H,13,16). The molecule has 0 bridgehead atoms. The minimum absolute atomic E-state index is 0.0517. The van der Waals surface area contributed by atoms with Gasteiger partial charge in [-0.05, 0) is 12.2 Å². The van der Waals surface area contributed by atoms with Crippen LogP contribution in [0.1, 0.15) is 0 Å². The quantitative estimate of drug-likeness (QED) is 0.651. The smallest absolute Gasteiger partial charge is 0.269 e. The van der Waals surface area contributed by atoms with Crippen LogP contribution in [-0.4, -0.2) is 36.5 Å². The number of carbonyl (C=O) groups is 2. The molecule has 0 aromatic rings. The second-order valence-corrected chi connectivity index (χ2v) is 4.31. The largest absolute Gasteiger partial charge is 0.497 e. The number of fused-ring (bicyclic) bond motifs is 1. The molecular weight excluding hydrogens is 234 g/mol. The Balaban J connectivity index is 1.87. The van der Waals surface area contributed by atoms with Gasteiger partial charge >= 0.3 is 0 Å². The number of rotatable bonds is 1. The zero-order chi connectivity index (χ0) is 12.5. The Morgan fingerprint density at radius 2 is 2.22 bits per heavy atom. The fraction of sp³-hybridized carbons (Fsp3) is 0.333. The summed E-state index contributed by atoms with van der Waals surface area (Å²) in [6, 6.07) is 0. The fourth-order valence-corrected chi connectivity index (χ4v) is 2.21. The highest BCUT2D eigenvalue weighted by molar-refractivity contribution is 6.03. The summed E-state index contributed by atoms with van der Waals surface area (Å²) in [7, 11) is 0. The van der Waals surface area contributed by atoms with Crippen LogP contribution >= 0.6 is 0 Å². The van der Waals surface area contributed by atoms with E-state index in [4.69, 9.17) is 4.74 Å². The highest BCUT2D eigenvalue weighted by atomic mass is 16.5. The molecule has 0 aromatic heterocycles. The van der Waals surface area contributed by atoms with Crippen LogP contribution in [0.3, 0.4) is 0 Å². The summed E-state index contributed by atoms with van der Waals surface area (Å²) in [5, 5.41) is 4.19. The lowest BCUT2D eigenvalue weighted by atomic mass is 9.93. The van der Waals surface area contributed by atoms with Gasteiger partial charge in [0, 0.05) is 30.7 Å². The van der Waals surface area contributed by atoms with Crippen molar-refractivity contribution in [3.63, 3.8) is 0 Å². The summed E-state index contributed by atoms with van der Waals surface area (Å²) in [5.41, 5.74) is 4.38. The summed E-state index contributed by atoms with van der Waals surface area (Å²) in [6.45, 7) is 1.58. The average Bonchev–Trinajstić information content (AvgIpc) is 2.41. The zero-order valence-electron chi connectivity index (χ0n) is 9.68. The number of carbonyl (C=O) groups excluding carboxylic acids is 2. The van der Waals surface area contributed by atoms with Crippen LogP contribution in [0.2, 0.25) is 0 Å². The van der Waals surface area contributed by atoms with E-state index in [0.29, 0.717) is 25.3 Å². The van der Waals surface area contributed by atoms with E-state index in [9.17, 15) is 9.59 Å². The molecule has 94 valence electrons. The number of allylic oxidation sites excluding steroid dienone is 1. The minimum atomic E-state index is -0.201. The topological polar surface area (TPSA) is 70.7 Å². The Bertz CT molecular complexity index is 493. The molecule has 0 radical (unpaired) electrons. The molecule has 0 aromatic carbocycles. The Kier molecular flexibility index (Phi) is 2.64. The van der Waals surface area contributed by atoms with Gasteiger partial charge in [-0.15, -0.1) is 0 Å². The van der Waals surface area contributed by atoms with E-state index in [0.717, 1.165) is 5.70 Å². The van der Waals surface area contributed by atoms with Crippen molar-refractivity contribution in [2.45, 2.75) is 0 Å². The number of hydrogen-bond donors (Lipinski definition) is 2. The van der Waals surface area contributed by atoms with Crippen molar-refractivity contribution in [1.29, 1.82) is 0 Å². The van der Waals surface area contributed by atoms with Crippen LogP contribution in [0.15, 0.2) is 35.8 Å². The Hall–Kier alpha value is -2.08. The van der Waals surface area contributed by atoms with Crippen molar-refractivity contribution in [3.8, 4) is 0 Å². The Morgan fingerprint density at radius 3 is 3.00 bits per heavy atom. The van der Waals surface area contributed by atoms with Crippen LogP contribution in [0.4, 0.5) is 0 Å². The van der Waals surface area contributed by atoms with E-state index in [2.05, 4.69) is 10.7 Å². The van der Waals surface area contributed by atoms with Gasteiger partial charge in [-0.25, -0.2) is 10.4 Å². The summed E-state index contributed by atoms with van der Waals surface area (Å²) in [6.07, 6.45) is 6.49. The summed E-state index contributed by atoms with van der Waals surface area (Å²) < 4.78 is 5.05. The highest BCUT2D eigenvalue weighted by Crippen LogP contribution is 2.23. The van der Waals surface area contributed by atoms with Gasteiger partial charge in [-0.1, -0.05) is 0 Å². The van der Waals surface area contributed by atoms with E-state index in [1.807, 2.05) is 6.08 Å². The minimum Gasteiger partial charge on any atom is -0.497 e. The van der Waals surface area contributed by atoms with Gasteiger partial charge in [0.15, 0.2) is 0 Å². The molecule has 0 spiro atoms. The first-order valence-corrected chi connectivity index (χ1v) is 5.81. The third-order valence-electron chi connectivity index (χ3n) is 3.18. The number of hydrazine groups is 1. The Morgan fingerprint density at radius 1 is 1.33 bits per heavy atom. The molecule has 3 rings (SSSR count). The van der Waals surface area contributed by atoms with Crippen molar-refractivity contribution >= 4 is 11.8 Å². The number of nitrogens with one attached hydrogen (secondary N) is 2. The van der Waals surface area contributed by atoms with E-state index < -0.39 is 0 Å². The van der Waals surface area contributed by atoms with Gasteiger partial charge in [0.1, 0.15) is 6.61 Å². The number of hydrogen-bond acceptors (Lipinski definition) is 4. The third kappa shape index (κ3) is 1.80. The molecule has 3 heterocycles. The van der Waals surface area contributed by atoms with Crippen molar-refractivity contribution in [3.05, 3.63) is 35.8 Å². The first-order valence-electron chi connectivity index (χ1n) is 5.81. The van der Waals surface area contributed by atoms with Gasteiger partial charge in [-0.2, -0.15) is 0 Å². The van der Waals surface area contributed by atoms with E-state index >= 15 is 0 Å². The molecule has 1 saturated heterocycles. The van der Waals surface area contributed by atoms with E-state index in [1.165, 1.54) is 11.1 Å². The monoisotopic (exact) mass is 247 g/mol. The number of ether oxygens (including phenoxy) is 1. The molecule has 2 N–H and O–H groups in total. The molecule has 2 amide bonds. The average molecular weight is 247 g/mol. The molecule has 6 nitrogen and oxygen atoms in total. The predicted molar refractivity (Wildman–Crippen MR) is 62.6 cm³/mol. The molecule has 6 heteroatoms. The lowest BCUT2D eigenvalue weighted by Crippen LogP contribution is -2.55. The second-order valence-electron chi connectivity index (χ2n) is 4.31. The van der Waals surface area contributed by atoms with Crippen molar-refractivity contribution in [1.82, 2.24) is 15.8 Å². The molecule has 1 fully saturated rings. The first-order chi connectivity index (χ1) is 8.75. The normalized spacial score (nSPS) is 26.9. The van der Waals surface area contributed by atoms with Gasteiger partial charge in [0.05, 0.1) is 12.0 Å². The summed E-state index contributed by atoms with van der Waals surface area (Å²) in [5.74, 6) is -0.317. The van der Waals surface area contributed by atoms with Gasteiger partial charge in [-0.3, -0.25) is 9.59 Å². The molecule has 3 aliphatic rings. The van der Waals surface area contributed by atoms with Crippen molar-refractivity contribution in [2.24, 2.45) is 5.92 Å². The van der Waals surface area contributed by atoms with Crippen LogP contribution in [0.25, 0.3) is 0 Å². The SMILES string of the molecule is O=C1C=C2C(=O)N(C3=CCOC=C3)NCC2CN1. The summed E-state index contributed by atoms with van der Waals surface area (Å²) >= 11 is 0. The van der Waals surface area contributed by atoms with E-state index in [1.54, 1.807) is 12.3 Å². The van der Waals surface area contributed by atoms with Crippen LogP contribution in [-0.2, 0) is 14.3 Å². The third-order valence-corrected chi connectivity index (χ3v) is 3.18. The van der Waals surface area contributed by atoms with Crippen LogP contribution in [0, 0.1) is 5.92 Å². The van der Waals surface area contributed by atoms with Crippen molar-refractivity contribution < 1.29 is 14.3 Å². The molecule has 0 aliphatic carbocycles. The molecule has 3 aliphatic heterocycles. The maximum Gasteiger partial charge on any atom is 0.269 e. The van der Waals surface area contributed by atoms with Crippen LogP contribution in [0.5, 0.6) is 0 Å². The molecule has 1 atom stereocenters. The zero-order valence-corrected chi connectivity index (χ0v) is 9.68. The van der Waals surface area contributed by atoms with Gasteiger partial charge < -0.3 is 10.1 Å². The summed E-state index contributed by atoms with van der Waals surface area (Å²) in [4.78, 5) is 23.6. The predicted octanol–water partition coefficient (Wildman–Crippen LogP) is -0.567. The molecule has 0 saturated carbocycles. The van der Waals surface area contributed by atoms with Gasteiger partial charge in [0.2, 0.25) is 5.91 Å². The van der Waals surface area contributed by atoms with Gasteiger partial charge in [0.25, 0.3) is 5.91 Å². The second kappa shape index (κ2) is 4.30. The molecular formula is C12H13N3O3. The lowest BCUT2D eigenvalue weighted by Gasteiger charge is -2.36.